The number of piperazine rings is 1. The molecule has 2 aromatic carbocycles. The summed E-state index contributed by atoms with van der Waals surface area (Å²) in [5.74, 6) is 0.616. The van der Waals surface area contributed by atoms with Crippen molar-refractivity contribution in [1.82, 2.24) is 9.21 Å². The van der Waals surface area contributed by atoms with Crippen molar-refractivity contribution in [2.45, 2.75) is 9.79 Å². The summed E-state index contributed by atoms with van der Waals surface area (Å²) in [4.78, 5) is 3.32. The Morgan fingerprint density at radius 1 is 1.04 bits per heavy atom. The minimum absolute atomic E-state index is 0.0767. The first-order valence-corrected chi connectivity index (χ1v) is 11.0. The number of hydrogen-bond donors (Lipinski definition) is 0. The van der Waals surface area contributed by atoms with Gasteiger partial charge in [-0.25, -0.2) is 12.8 Å². The third-order valence-corrected chi connectivity index (χ3v) is 7.40. The van der Waals surface area contributed by atoms with Crippen LogP contribution in [0.2, 0.25) is 0 Å². The van der Waals surface area contributed by atoms with Crippen molar-refractivity contribution in [2.75, 3.05) is 38.5 Å². The van der Waals surface area contributed by atoms with Crippen LogP contribution in [0.4, 0.5) is 4.39 Å². The van der Waals surface area contributed by atoms with E-state index in [9.17, 15) is 12.8 Å². The SMILES string of the molecule is N#Cc1ccccc1S(=O)(=O)N1CCN(CCSc2ccc(F)cc2)CC1. The topological polar surface area (TPSA) is 64.4 Å². The van der Waals surface area contributed by atoms with Gasteiger partial charge in [-0.05, 0) is 36.4 Å². The van der Waals surface area contributed by atoms with Gasteiger partial charge in [-0.1, -0.05) is 12.1 Å². The number of nitrogens with zero attached hydrogens (tertiary/aromatic N) is 3. The molecule has 0 bridgehead atoms. The van der Waals surface area contributed by atoms with E-state index < -0.39 is 10.0 Å². The van der Waals surface area contributed by atoms with Gasteiger partial charge >= 0.3 is 0 Å². The number of halogens is 1. The molecule has 2 aromatic rings. The summed E-state index contributed by atoms with van der Waals surface area (Å²) in [7, 11) is -3.65. The lowest BCUT2D eigenvalue weighted by atomic mass is 10.2. The fraction of sp³-hybridized carbons (Fsp3) is 0.316. The Kier molecular flexibility index (Phi) is 6.50. The molecule has 5 nitrogen and oxygen atoms in total. The third-order valence-electron chi connectivity index (χ3n) is 4.45. The minimum Gasteiger partial charge on any atom is -0.300 e. The maximum atomic E-state index is 12.9. The lowest BCUT2D eigenvalue weighted by Gasteiger charge is -2.34. The molecule has 3 rings (SSSR count). The van der Waals surface area contributed by atoms with Crippen LogP contribution >= 0.6 is 11.8 Å². The van der Waals surface area contributed by atoms with E-state index in [1.54, 1.807) is 36.0 Å². The summed E-state index contributed by atoms with van der Waals surface area (Å²) >= 11 is 1.65. The highest BCUT2D eigenvalue weighted by atomic mass is 32.2. The lowest BCUT2D eigenvalue weighted by molar-refractivity contribution is 0.197. The van der Waals surface area contributed by atoms with Crippen molar-refractivity contribution < 1.29 is 12.8 Å². The molecule has 0 spiro atoms. The van der Waals surface area contributed by atoms with Crippen LogP contribution in [0.3, 0.4) is 0 Å². The van der Waals surface area contributed by atoms with Crippen LogP contribution in [-0.4, -0.2) is 56.1 Å². The van der Waals surface area contributed by atoms with Crippen molar-refractivity contribution in [1.29, 1.82) is 5.26 Å². The first-order valence-electron chi connectivity index (χ1n) is 8.61. The Balaban J connectivity index is 1.52. The standard InChI is InChI=1S/C19H20FN3O2S2/c20-17-5-7-18(8-6-17)26-14-13-22-9-11-23(12-10-22)27(24,25)19-4-2-1-3-16(19)15-21/h1-8H,9-14H2. The molecule has 0 unspecified atom stereocenters. The van der Waals surface area contributed by atoms with Crippen molar-refractivity contribution in [3.05, 3.63) is 59.9 Å². The molecule has 0 saturated carbocycles. The maximum Gasteiger partial charge on any atom is 0.244 e. The van der Waals surface area contributed by atoms with Gasteiger partial charge in [-0.15, -0.1) is 11.8 Å². The quantitative estimate of drug-likeness (QED) is 0.692. The Morgan fingerprint density at radius 2 is 1.70 bits per heavy atom. The van der Waals surface area contributed by atoms with E-state index in [1.165, 1.54) is 28.6 Å². The Hall–Kier alpha value is -1.92. The number of hydrogen-bond acceptors (Lipinski definition) is 5. The van der Waals surface area contributed by atoms with E-state index in [0.29, 0.717) is 26.2 Å². The monoisotopic (exact) mass is 405 g/mol. The molecule has 0 amide bonds. The fourth-order valence-corrected chi connectivity index (χ4v) is 5.42. The van der Waals surface area contributed by atoms with Crippen LogP contribution in [0.25, 0.3) is 0 Å². The van der Waals surface area contributed by atoms with E-state index in [0.717, 1.165) is 17.2 Å². The number of thioether (sulfide) groups is 1. The summed E-state index contributed by atoms with van der Waals surface area (Å²) in [5, 5.41) is 9.16. The smallest absolute Gasteiger partial charge is 0.244 e. The van der Waals surface area contributed by atoms with Crippen molar-refractivity contribution in [2.24, 2.45) is 0 Å². The Labute approximate surface area is 163 Å². The van der Waals surface area contributed by atoms with Gasteiger partial charge in [-0.3, -0.25) is 4.90 Å². The largest absolute Gasteiger partial charge is 0.300 e. The van der Waals surface area contributed by atoms with Crippen LogP contribution in [-0.2, 0) is 10.0 Å². The molecule has 1 heterocycles. The summed E-state index contributed by atoms with van der Waals surface area (Å²) in [5.41, 5.74) is 0.177. The molecule has 27 heavy (non-hydrogen) atoms. The van der Waals surface area contributed by atoms with Crippen molar-refractivity contribution in [3.8, 4) is 6.07 Å². The van der Waals surface area contributed by atoms with E-state index >= 15 is 0 Å². The maximum absolute atomic E-state index is 12.9. The second-order valence-corrected chi connectivity index (χ2v) is 9.23. The molecule has 1 saturated heterocycles. The molecule has 0 N–H and O–H groups in total. The first kappa shape index (κ1) is 19.8. The van der Waals surface area contributed by atoms with Crippen molar-refractivity contribution >= 4 is 21.8 Å². The number of nitriles is 1. The molecule has 1 fully saturated rings. The molecular weight excluding hydrogens is 385 g/mol. The van der Waals surface area contributed by atoms with Gasteiger partial charge in [0.25, 0.3) is 0 Å². The van der Waals surface area contributed by atoms with E-state index in [2.05, 4.69) is 4.90 Å². The molecule has 8 heteroatoms. The Bertz CT molecular complexity index is 919. The van der Waals surface area contributed by atoms with Gasteiger partial charge in [0.05, 0.1) is 10.5 Å². The number of benzene rings is 2. The number of sulfonamides is 1. The minimum atomic E-state index is -3.65. The Morgan fingerprint density at radius 3 is 2.37 bits per heavy atom. The fourth-order valence-electron chi connectivity index (χ4n) is 2.94. The highest BCUT2D eigenvalue weighted by Gasteiger charge is 2.30. The van der Waals surface area contributed by atoms with Crippen LogP contribution in [0.15, 0.2) is 58.3 Å². The zero-order valence-electron chi connectivity index (χ0n) is 14.7. The lowest BCUT2D eigenvalue weighted by Crippen LogP contribution is -2.49. The van der Waals surface area contributed by atoms with Gasteiger partial charge in [0, 0.05) is 43.4 Å². The van der Waals surface area contributed by atoms with Crippen LogP contribution < -0.4 is 0 Å². The molecule has 1 aliphatic rings. The molecule has 1 aliphatic heterocycles. The summed E-state index contributed by atoms with van der Waals surface area (Å²) in [6, 6.07) is 14.7. The molecular formula is C19H20FN3O2S2. The van der Waals surface area contributed by atoms with Crippen LogP contribution in [0, 0.1) is 17.1 Å². The van der Waals surface area contributed by atoms with Gasteiger partial charge in [-0.2, -0.15) is 9.57 Å². The predicted octanol–water partition coefficient (Wildman–Crippen LogP) is 2.80. The average Bonchev–Trinajstić information content (AvgIpc) is 2.70. The third kappa shape index (κ3) is 4.87. The van der Waals surface area contributed by atoms with Gasteiger partial charge in [0.15, 0.2) is 0 Å². The van der Waals surface area contributed by atoms with E-state index in [4.69, 9.17) is 5.26 Å². The van der Waals surface area contributed by atoms with E-state index in [1.807, 2.05) is 6.07 Å². The second-order valence-electron chi connectivity index (χ2n) is 6.16. The molecule has 0 aliphatic carbocycles. The van der Waals surface area contributed by atoms with Crippen molar-refractivity contribution in [3.63, 3.8) is 0 Å². The number of rotatable bonds is 6. The summed E-state index contributed by atoms with van der Waals surface area (Å²) < 4.78 is 40.0. The normalized spacial score (nSPS) is 16.1. The second kappa shape index (κ2) is 8.85. The average molecular weight is 406 g/mol. The van der Waals surface area contributed by atoms with E-state index in [-0.39, 0.29) is 16.3 Å². The summed E-state index contributed by atoms with van der Waals surface area (Å²) in [6.45, 7) is 2.95. The molecule has 142 valence electrons. The van der Waals surface area contributed by atoms with Gasteiger partial charge < -0.3 is 0 Å². The molecule has 0 atom stereocenters. The van der Waals surface area contributed by atoms with Crippen LogP contribution in [0.5, 0.6) is 0 Å². The molecule has 0 aromatic heterocycles. The zero-order chi connectivity index (χ0) is 19.3. The molecule has 0 radical (unpaired) electrons. The van der Waals surface area contributed by atoms with Crippen LogP contribution in [0.1, 0.15) is 5.56 Å². The van der Waals surface area contributed by atoms with Gasteiger partial charge in [0.1, 0.15) is 11.9 Å². The zero-order valence-corrected chi connectivity index (χ0v) is 16.3. The van der Waals surface area contributed by atoms with Gasteiger partial charge in [0.2, 0.25) is 10.0 Å². The highest BCUT2D eigenvalue weighted by molar-refractivity contribution is 7.99. The summed E-state index contributed by atoms with van der Waals surface area (Å²) in [6.07, 6.45) is 0. The highest BCUT2D eigenvalue weighted by Crippen LogP contribution is 2.22. The predicted molar refractivity (Wildman–Crippen MR) is 103 cm³/mol. The first-order chi connectivity index (χ1) is 13.0.